The number of amides is 1. The maximum absolute atomic E-state index is 13.9. The Kier molecular flexibility index (Phi) is 7.30. The number of benzene rings is 3. The fraction of sp³-hybridized carbons (Fsp3) is 0.0938. The number of para-hydroxylation sites is 1. The van der Waals surface area contributed by atoms with Gasteiger partial charge < -0.3 is 14.5 Å². The van der Waals surface area contributed by atoms with E-state index in [9.17, 15) is 9.59 Å². The predicted molar refractivity (Wildman–Crippen MR) is 164 cm³/mol. The molecule has 0 saturated heterocycles. The number of fused-ring (bicyclic) bond motifs is 1. The topological polar surface area (TPSA) is 85.8 Å². The second kappa shape index (κ2) is 11.2. The summed E-state index contributed by atoms with van der Waals surface area (Å²) < 4.78 is 14.4. The quantitative estimate of drug-likeness (QED) is 0.254. The van der Waals surface area contributed by atoms with Gasteiger partial charge in [0.1, 0.15) is 17.3 Å². The van der Waals surface area contributed by atoms with E-state index in [4.69, 9.17) is 14.1 Å². The highest BCUT2D eigenvalue weighted by atomic mass is 79.9. The van der Waals surface area contributed by atoms with Crippen LogP contribution in [-0.4, -0.2) is 17.6 Å². The number of rotatable bonds is 6. The number of anilines is 1. The molecule has 3 aromatic carbocycles. The number of carbonyl (C=O) groups excluding carboxylic acids is 1. The minimum absolute atomic E-state index is 0.256. The largest absolute Gasteiger partial charge is 0.497 e. The number of aromatic nitrogens is 1. The molecule has 0 radical (unpaired) electrons. The zero-order valence-electron chi connectivity index (χ0n) is 22.1. The van der Waals surface area contributed by atoms with Crippen LogP contribution in [0.4, 0.5) is 5.69 Å². The van der Waals surface area contributed by atoms with Gasteiger partial charge in [0, 0.05) is 21.8 Å². The molecule has 1 amide bonds. The maximum Gasteiger partial charge on any atom is 0.271 e. The molecule has 9 heteroatoms. The molecule has 0 unspecified atom stereocenters. The van der Waals surface area contributed by atoms with Crippen molar-refractivity contribution in [1.82, 2.24) is 4.57 Å². The van der Waals surface area contributed by atoms with E-state index in [-0.39, 0.29) is 11.5 Å². The first-order valence-electron chi connectivity index (χ1n) is 12.8. The van der Waals surface area contributed by atoms with Gasteiger partial charge >= 0.3 is 0 Å². The number of furan rings is 1. The molecular formula is C32H24BrN3O4S. The van der Waals surface area contributed by atoms with Gasteiger partial charge in [-0.2, -0.15) is 0 Å². The predicted octanol–water partition coefficient (Wildman–Crippen LogP) is 5.91. The molecule has 2 aromatic heterocycles. The highest BCUT2D eigenvalue weighted by molar-refractivity contribution is 9.10. The summed E-state index contributed by atoms with van der Waals surface area (Å²) in [6.07, 6.45) is 1.72. The maximum atomic E-state index is 13.9. The number of nitrogens with one attached hydrogen (secondary N) is 1. The minimum atomic E-state index is -0.682. The molecule has 0 saturated carbocycles. The summed E-state index contributed by atoms with van der Waals surface area (Å²) in [5.74, 6) is 1.60. The Labute approximate surface area is 247 Å². The van der Waals surface area contributed by atoms with Crippen LogP contribution in [0.25, 0.3) is 17.4 Å². The van der Waals surface area contributed by atoms with Crippen LogP contribution in [-0.2, 0) is 4.79 Å². The lowest BCUT2D eigenvalue weighted by Crippen LogP contribution is -2.40. The van der Waals surface area contributed by atoms with Gasteiger partial charge in [0.25, 0.3) is 11.5 Å². The normalized spacial score (nSPS) is 14.9. The van der Waals surface area contributed by atoms with Crippen molar-refractivity contribution in [3.05, 3.63) is 138 Å². The molecule has 41 heavy (non-hydrogen) atoms. The van der Waals surface area contributed by atoms with Crippen molar-refractivity contribution >= 4 is 44.9 Å². The van der Waals surface area contributed by atoms with Crippen molar-refractivity contribution in [3.63, 3.8) is 0 Å². The van der Waals surface area contributed by atoms with E-state index in [0.717, 1.165) is 15.6 Å². The number of ether oxygens (including phenoxy) is 1. The summed E-state index contributed by atoms with van der Waals surface area (Å²) in [5.41, 5.74) is 3.04. The smallest absolute Gasteiger partial charge is 0.271 e. The number of hydrogen-bond donors (Lipinski definition) is 1. The molecule has 3 heterocycles. The van der Waals surface area contributed by atoms with Gasteiger partial charge in [-0.25, -0.2) is 4.99 Å². The Bertz CT molecular complexity index is 1950. The van der Waals surface area contributed by atoms with Crippen LogP contribution >= 0.6 is 27.3 Å². The SMILES string of the molecule is COc1ccc([C@H]2C(C(=O)Nc3ccccc3)=C(C)N=c3s/c(=C/c4ccc(-c5ccc(Br)cc5)o4)c(=O)n32)cc1. The second-order valence-electron chi connectivity index (χ2n) is 9.38. The van der Waals surface area contributed by atoms with Crippen molar-refractivity contribution in [1.29, 1.82) is 0 Å². The van der Waals surface area contributed by atoms with Gasteiger partial charge in [0.05, 0.1) is 29.0 Å². The van der Waals surface area contributed by atoms with Crippen molar-refractivity contribution in [3.8, 4) is 17.1 Å². The standard InChI is InChI=1S/C32H24BrN3O4S/c1-19-28(30(37)35-23-6-4-3-5-7-23)29(21-10-14-24(39-2)15-11-21)36-31(38)27(41-32(36)34-19)18-25-16-17-26(40-25)20-8-12-22(33)13-9-20/h3-18,29H,1-2H3,(H,35,37)/b27-18+/t29-/m0/s1. The van der Waals surface area contributed by atoms with Crippen molar-refractivity contribution in [2.24, 2.45) is 4.99 Å². The van der Waals surface area contributed by atoms with E-state index < -0.39 is 6.04 Å². The lowest BCUT2D eigenvalue weighted by atomic mass is 9.95. The monoisotopic (exact) mass is 625 g/mol. The van der Waals surface area contributed by atoms with E-state index >= 15 is 0 Å². The lowest BCUT2D eigenvalue weighted by molar-refractivity contribution is -0.113. The van der Waals surface area contributed by atoms with Crippen molar-refractivity contribution in [2.45, 2.75) is 13.0 Å². The molecule has 0 spiro atoms. The number of hydrogen-bond acceptors (Lipinski definition) is 6. The van der Waals surface area contributed by atoms with Gasteiger partial charge in [0.15, 0.2) is 4.80 Å². The van der Waals surface area contributed by atoms with Gasteiger partial charge in [-0.3, -0.25) is 14.2 Å². The fourth-order valence-corrected chi connectivity index (χ4v) is 6.05. The third kappa shape index (κ3) is 5.33. The molecular weight excluding hydrogens is 602 g/mol. The fourth-order valence-electron chi connectivity index (χ4n) is 4.76. The van der Waals surface area contributed by atoms with E-state index in [1.165, 1.54) is 11.3 Å². The molecule has 5 aromatic rings. The first-order valence-corrected chi connectivity index (χ1v) is 14.4. The molecule has 204 valence electrons. The van der Waals surface area contributed by atoms with Gasteiger partial charge in [0.2, 0.25) is 0 Å². The van der Waals surface area contributed by atoms with Crippen LogP contribution in [0.15, 0.2) is 121 Å². The number of carbonyl (C=O) groups is 1. The second-order valence-corrected chi connectivity index (χ2v) is 11.3. The highest BCUT2D eigenvalue weighted by Crippen LogP contribution is 2.32. The van der Waals surface area contributed by atoms with Gasteiger partial charge in [-0.1, -0.05) is 69.7 Å². The summed E-state index contributed by atoms with van der Waals surface area (Å²) >= 11 is 4.71. The van der Waals surface area contributed by atoms with Crippen LogP contribution in [0.2, 0.25) is 0 Å². The number of nitrogens with zero attached hydrogens (tertiary/aromatic N) is 2. The van der Waals surface area contributed by atoms with Crippen LogP contribution in [0.3, 0.4) is 0 Å². The average molecular weight is 627 g/mol. The summed E-state index contributed by atoms with van der Waals surface area (Å²) in [6, 6.07) is 27.4. The van der Waals surface area contributed by atoms with E-state index in [2.05, 4.69) is 21.2 Å². The van der Waals surface area contributed by atoms with Gasteiger partial charge in [-0.15, -0.1) is 0 Å². The molecule has 1 atom stereocenters. The molecule has 7 nitrogen and oxygen atoms in total. The summed E-state index contributed by atoms with van der Waals surface area (Å²) in [4.78, 5) is 32.8. The van der Waals surface area contributed by atoms with Gasteiger partial charge in [-0.05, 0) is 61.0 Å². The Morgan fingerprint density at radius 3 is 2.46 bits per heavy atom. The summed E-state index contributed by atoms with van der Waals surface area (Å²) in [6.45, 7) is 1.80. The number of methoxy groups -OCH3 is 1. The number of halogens is 1. The van der Waals surface area contributed by atoms with E-state index in [1.54, 1.807) is 24.7 Å². The Morgan fingerprint density at radius 1 is 1.02 bits per heavy atom. The zero-order valence-corrected chi connectivity index (χ0v) is 24.5. The van der Waals surface area contributed by atoms with Crippen LogP contribution in [0, 0.1) is 0 Å². The first kappa shape index (κ1) is 26.7. The Balaban J connectivity index is 1.45. The Morgan fingerprint density at radius 2 is 1.76 bits per heavy atom. The summed E-state index contributed by atoms with van der Waals surface area (Å²) in [7, 11) is 1.59. The van der Waals surface area contributed by atoms with E-state index in [1.807, 2.05) is 91.0 Å². The highest BCUT2D eigenvalue weighted by Gasteiger charge is 2.32. The molecule has 0 bridgehead atoms. The lowest BCUT2D eigenvalue weighted by Gasteiger charge is -2.25. The third-order valence-electron chi connectivity index (χ3n) is 6.76. The van der Waals surface area contributed by atoms with Crippen molar-refractivity contribution < 1.29 is 13.9 Å². The summed E-state index contributed by atoms with van der Waals surface area (Å²) in [5, 5.41) is 2.96. The number of thiazole rings is 1. The molecule has 6 rings (SSSR count). The molecule has 0 fully saturated rings. The van der Waals surface area contributed by atoms with Crippen LogP contribution in [0.1, 0.15) is 24.3 Å². The first-order chi connectivity index (χ1) is 19.9. The average Bonchev–Trinajstić information content (AvgIpc) is 3.57. The van der Waals surface area contributed by atoms with Crippen molar-refractivity contribution in [2.75, 3.05) is 12.4 Å². The number of allylic oxidation sites excluding steroid dienone is 1. The zero-order chi connectivity index (χ0) is 28.5. The molecule has 1 aliphatic heterocycles. The van der Waals surface area contributed by atoms with Crippen LogP contribution in [0.5, 0.6) is 5.75 Å². The van der Waals surface area contributed by atoms with Crippen LogP contribution < -0.4 is 24.9 Å². The molecule has 1 aliphatic rings. The third-order valence-corrected chi connectivity index (χ3v) is 8.27. The molecule has 0 aliphatic carbocycles. The molecule has 1 N–H and O–H groups in total. The Hall–Kier alpha value is -4.47. The minimum Gasteiger partial charge on any atom is -0.497 e. The van der Waals surface area contributed by atoms with E-state index in [0.29, 0.717) is 43.6 Å².